The number of carbonyl (C=O) groups is 2. The third-order valence-electron chi connectivity index (χ3n) is 7.88. The summed E-state index contributed by atoms with van der Waals surface area (Å²) in [5, 5.41) is 6.38. The maximum absolute atomic E-state index is 14.4. The molecule has 4 N–H and O–H groups in total. The monoisotopic (exact) mass is 693 g/mol. The van der Waals surface area contributed by atoms with Crippen molar-refractivity contribution >= 4 is 36.4 Å². The van der Waals surface area contributed by atoms with Crippen molar-refractivity contribution in [1.29, 1.82) is 0 Å². The van der Waals surface area contributed by atoms with Crippen LogP contribution in [-0.2, 0) is 38.2 Å². The van der Waals surface area contributed by atoms with Crippen molar-refractivity contribution < 1.29 is 28.4 Å². The summed E-state index contributed by atoms with van der Waals surface area (Å²) in [6.45, 7) is 7.70. The highest BCUT2D eigenvalue weighted by molar-refractivity contribution is 7.59. The van der Waals surface area contributed by atoms with Crippen LogP contribution in [0, 0.1) is 0 Å². The molecule has 0 aliphatic rings. The number of aromatic nitrogens is 4. The van der Waals surface area contributed by atoms with Crippen LogP contribution in [0.15, 0.2) is 61.2 Å². The van der Waals surface area contributed by atoms with Gasteiger partial charge in [0.2, 0.25) is 7.44 Å². The molecule has 0 unspecified atom stereocenters. The van der Waals surface area contributed by atoms with Gasteiger partial charge >= 0.3 is 11.9 Å². The van der Waals surface area contributed by atoms with Gasteiger partial charge in [-0.2, -0.15) is 0 Å². The van der Waals surface area contributed by atoms with Crippen LogP contribution in [0.5, 0.6) is 0 Å². The van der Waals surface area contributed by atoms with E-state index < -0.39 is 7.44 Å². The molecule has 49 heavy (non-hydrogen) atoms. The van der Waals surface area contributed by atoms with Crippen LogP contribution in [0.4, 0.5) is 5.82 Å². The molecule has 2 aromatic carbocycles. The van der Waals surface area contributed by atoms with Crippen molar-refractivity contribution in [2.45, 2.75) is 71.9 Å². The predicted molar refractivity (Wildman–Crippen MR) is 189 cm³/mol. The predicted octanol–water partition coefficient (Wildman–Crippen LogP) is 5.54. The number of carbonyl (C=O) groups excluding carboxylic acids is 2. The maximum Gasteiger partial charge on any atom is 0.338 e. The Balaban J connectivity index is 1.43. The lowest BCUT2D eigenvalue weighted by atomic mass is 10.0. The van der Waals surface area contributed by atoms with E-state index in [0.717, 1.165) is 36.8 Å². The molecule has 0 saturated heterocycles. The summed E-state index contributed by atoms with van der Waals surface area (Å²) in [5.41, 5.74) is 9.60. The topological polar surface area (TPSA) is 173 Å². The van der Waals surface area contributed by atoms with Crippen molar-refractivity contribution in [2.24, 2.45) is 0 Å². The highest BCUT2D eigenvalue weighted by atomic mass is 31.2. The molecular weight excluding hydrogens is 645 g/mol. The Morgan fingerprint density at radius 2 is 1.41 bits per heavy atom. The normalized spacial score (nSPS) is 12.2. The number of fused-ring (bicyclic) bond motifs is 1. The molecule has 14 heteroatoms. The largest absolute Gasteiger partial charge is 0.462 e. The molecule has 2 heterocycles. The summed E-state index contributed by atoms with van der Waals surface area (Å²) < 4.78 is 33.2. The maximum atomic E-state index is 14.4. The molecule has 0 bridgehead atoms. The van der Waals surface area contributed by atoms with E-state index in [2.05, 4.69) is 25.1 Å². The van der Waals surface area contributed by atoms with Crippen molar-refractivity contribution in [1.82, 2.24) is 29.7 Å². The first-order chi connectivity index (χ1) is 23.7. The standard InChI is InChI=1S/C35H48N7O6P/c1-4-6-20-46-34(43)29-14-10-8-12-27(29)16-18-40-49(45,25-48-26(3)22-42-24-39-31-32(36)37-23-38-33(31)42)41-19-17-28-13-9-11-15-30(28)35(44)47-21-7-5-2/h8-15,23-24,26H,4-7,16-22,25H2,1-3H3,(H2,36,37,38)(H2,40,41,45)/t26-/m1/s1. The van der Waals surface area contributed by atoms with Crippen LogP contribution < -0.4 is 15.9 Å². The van der Waals surface area contributed by atoms with Crippen LogP contribution in [0.1, 0.15) is 78.3 Å². The molecule has 13 nitrogen and oxygen atoms in total. The second-order valence-corrected chi connectivity index (χ2v) is 14.2. The van der Waals surface area contributed by atoms with Crippen LogP contribution in [0.25, 0.3) is 11.2 Å². The number of nitrogens with zero attached hydrogens (tertiary/aromatic N) is 4. The van der Waals surface area contributed by atoms with Gasteiger partial charge in [0.05, 0.1) is 43.3 Å². The third-order valence-corrected chi connectivity index (χ3v) is 9.87. The molecule has 0 amide bonds. The number of hydrogen-bond acceptors (Lipinski definition) is 10. The molecule has 4 rings (SSSR count). The Morgan fingerprint density at radius 3 is 1.96 bits per heavy atom. The Kier molecular flexibility index (Phi) is 14.7. The number of rotatable bonds is 21. The average Bonchev–Trinajstić information content (AvgIpc) is 3.51. The Hall–Kier alpha value is -4.16. The number of nitrogens with one attached hydrogen (secondary N) is 2. The lowest BCUT2D eigenvalue weighted by Gasteiger charge is -2.24. The summed E-state index contributed by atoms with van der Waals surface area (Å²) in [4.78, 5) is 38.1. The van der Waals surface area contributed by atoms with E-state index in [9.17, 15) is 14.2 Å². The second kappa shape index (κ2) is 19.1. The van der Waals surface area contributed by atoms with Gasteiger partial charge < -0.3 is 24.5 Å². The van der Waals surface area contributed by atoms with E-state index in [1.54, 1.807) is 30.6 Å². The number of anilines is 1. The molecule has 2 aromatic heterocycles. The first-order valence-electron chi connectivity index (χ1n) is 16.9. The van der Waals surface area contributed by atoms with Gasteiger partial charge in [-0.15, -0.1) is 0 Å². The van der Waals surface area contributed by atoms with E-state index >= 15 is 0 Å². The van der Waals surface area contributed by atoms with Gasteiger partial charge in [-0.25, -0.2) is 24.5 Å². The van der Waals surface area contributed by atoms with Crippen LogP contribution >= 0.6 is 7.44 Å². The summed E-state index contributed by atoms with van der Waals surface area (Å²) in [5.74, 6) is -0.441. The van der Waals surface area contributed by atoms with Crippen LogP contribution in [0.2, 0.25) is 0 Å². The number of esters is 2. The van der Waals surface area contributed by atoms with E-state index in [0.29, 0.717) is 73.8 Å². The lowest BCUT2D eigenvalue weighted by molar-refractivity contribution is 0.0489. The van der Waals surface area contributed by atoms with E-state index in [1.807, 2.05) is 49.6 Å². The van der Waals surface area contributed by atoms with E-state index in [4.69, 9.17) is 19.9 Å². The van der Waals surface area contributed by atoms with Gasteiger partial charge in [0, 0.05) is 13.1 Å². The fourth-order valence-corrected chi connectivity index (χ4v) is 6.84. The number of unbranched alkanes of at least 4 members (excludes halogenated alkanes) is 2. The summed E-state index contributed by atoms with van der Waals surface area (Å²) >= 11 is 0. The zero-order chi connectivity index (χ0) is 35.1. The number of ether oxygens (including phenoxy) is 3. The molecule has 0 fully saturated rings. The Morgan fingerprint density at radius 1 is 0.857 bits per heavy atom. The zero-order valence-corrected chi connectivity index (χ0v) is 29.5. The zero-order valence-electron chi connectivity index (χ0n) is 28.6. The van der Waals surface area contributed by atoms with Gasteiger partial charge in [0.1, 0.15) is 18.2 Å². The smallest absolute Gasteiger partial charge is 0.338 e. The minimum Gasteiger partial charge on any atom is -0.462 e. The van der Waals surface area contributed by atoms with Crippen molar-refractivity contribution in [3.8, 4) is 0 Å². The highest BCUT2D eigenvalue weighted by Gasteiger charge is 2.24. The number of imidazole rings is 1. The first kappa shape index (κ1) is 37.7. The second-order valence-electron chi connectivity index (χ2n) is 11.8. The van der Waals surface area contributed by atoms with Crippen molar-refractivity contribution in [2.75, 3.05) is 38.4 Å². The molecule has 0 aliphatic carbocycles. The molecule has 0 radical (unpaired) electrons. The number of benzene rings is 2. The number of nitrogen functional groups attached to an aromatic ring is 1. The van der Waals surface area contributed by atoms with E-state index in [-0.39, 0.29) is 24.4 Å². The number of hydrogen-bond donors (Lipinski definition) is 3. The Bertz CT molecular complexity index is 1640. The quantitative estimate of drug-likeness (QED) is 0.0566. The van der Waals surface area contributed by atoms with E-state index in [1.165, 1.54) is 6.33 Å². The van der Waals surface area contributed by atoms with Crippen molar-refractivity contribution in [3.05, 3.63) is 83.4 Å². The molecule has 0 aliphatic heterocycles. The fraction of sp³-hybridized carbons (Fsp3) is 0.457. The molecule has 0 saturated carbocycles. The molecule has 264 valence electrons. The van der Waals surface area contributed by atoms with Crippen molar-refractivity contribution in [3.63, 3.8) is 0 Å². The average molecular weight is 694 g/mol. The summed E-state index contributed by atoms with van der Waals surface area (Å²) in [7, 11) is -3.34. The van der Waals surface area contributed by atoms with Gasteiger partial charge in [-0.1, -0.05) is 63.1 Å². The molecular formula is C35H48N7O6P. The summed E-state index contributed by atoms with van der Waals surface area (Å²) in [6, 6.07) is 14.6. The minimum atomic E-state index is -3.34. The first-order valence-corrected chi connectivity index (χ1v) is 18.8. The minimum absolute atomic E-state index is 0.112. The van der Waals surface area contributed by atoms with Gasteiger partial charge in [0.15, 0.2) is 11.5 Å². The van der Waals surface area contributed by atoms with Gasteiger partial charge in [-0.05, 0) is 55.9 Å². The van der Waals surface area contributed by atoms with Gasteiger partial charge in [-0.3, -0.25) is 14.7 Å². The summed E-state index contributed by atoms with van der Waals surface area (Å²) in [6.07, 6.45) is 6.87. The molecule has 0 spiro atoms. The van der Waals surface area contributed by atoms with Gasteiger partial charge in [0.25, 0.3) is 0 Å². The third kappa shape index (κ3) is 11.2. The molecule has 1 atom stereocenters. The number of nitrogens with two attached hydrogens (primary N) is 1. The Labute approximate surface area is 287 Å². The lowest BCUT2D eigenvalue weighted by Crippen LogP contribution is -2.30. The SMILES string of the molecule is CCCCOC(=O)c1ccccc1CCNP(=O)(CO[C@H](C)Cn1cnc2c(N)ncnc21)NCCc1ccccc1C(=O)OCCCC. The van der Waals surface area contributed by atoms with Crippen LogP contribution in [-0.4, -0.2) is 70.2 Å². The van der Waals surface area contributed by atoms with Crippen LogP contribution in [0.3, 0.4) is 0 Å². The highest BCUT2D eigenvalue weighted by Crippen LogP contribution is 2.36. The fourth-order valence-electron chi connectivity index (χ4n) is 5.13. The molecule has 4 aromatic rings.